The molecule has 124 valence electrons. The molecule has 1 unspecified atom stereocenters. The minimum Gasteiger partial charge on any atom is -0.307 e. The molecule has 7 nitrogen and oxygen atoms in total. The fourth-order valence-electron chi connectivity index (χ4n) is 2.60. The Morgan fingerprint density at radius 1 is 1.12 bits per heavy atom. The van der Waals surface area contributed by atoms with E-state index in [1.807, 2.05) is 30.3 Å². The molecular formula is C16H16N4O3S. The number of benzene rings is 1. The molecular weight excluding hydrogens is 328 g/mol. The van der Waals surface area contributed by atoms with Crippen molar-refractivity contribution in [3.05, 3.63) is 63.1 Å². The van der Waals surface area contributed by atoms with Gasteiger partial charge in [0.25, 0.3) is 5.56 Å². The highest BCUT2D eigenvalue weighted by molar-refractivity contribution is 8.13. The van der Waals surface area contributed by atoms with E-state index >= 15 is 0 Å². The third-order valence-corrected chi connectivity index (χ3v) is 4.84. The molecule has 3 aromatic rings. The minimum absolute atomic E-state index is 0.0765. The van der Waals surface area contributed by atoms with Crippen LogP contribution in [0.4, 0.5) is 0 Å². The van der Waals surface area contributed by atoms with Crippen LogP contribution in [0.15, 0.2) is 46.2 Å². The van der Waals surface area contributed by atoms with Crippen LogP contribution in [0.3, 0.4) is 0 Å². The Kier molecular flexibility index (Phi) is 4.15. The largest absolute Gasteiger partial charge is 0.332 e. The lowest BCUT2D eigenvalue weighted by molar-refractivity contribution is -0.109. The highest BCUT2D eigenvalue weighted by Crippen LogP contribution is 2.32. The van der Waals surface area contributed by atoms with Gasteiger partial charge in [-0.1, -0.05) is 42.1 Å². The number of hydrogen-bond acceptors (Lipinski definition) is 5. The average molecular weight is 344 g/mol. The minimum atomic E-state index is -0.437. The van der Waals surface area contributed by atoms with Gasteiger partial charge in [-0.2, -0.15) is 0 Å². The molecule has 8 heteroatoms. The molecule has 2 heterocycles. The molecule has 0 bridgehead atoms. The molecule has 24 heavy (non-hydrogen) atoms. The second kappa shape index (κ2) is 6.12. The smallest absolute Gasteiger partial charge is 0.307 e. The zero-order valence-corrected chi connectivity index (χ0v) is 14.3. The number of hydrogen-bond donors (Lipinski definition) is 0. The Bertz CT molecular complexity index is 1030. The van der Waals surface area contributed by atoms with Gasteiger partial charge < -0.3 is 4.57 Å². The number of carbonyl (C=O) groups is 1. The molecule has 1 atom stereocenters. The molecule has 2 aromatic heterocycles. The summed E-state index contributed by atoms with van der Waals surface area (Å²) < 4.78 is 4.02. The molecule has 0 N–H and O–H groups in total. The summed E-state index contributed by atoms with van der Waals surface area (Å²) in [6, 6.07) is 9.40. The maximum absolute atomic E-state index is 12.6. The van der Waals surface area contributed by atoms with E-state index in [-0.39, 0.29) is 5.12 Å². The summed E-state index contributed by atoms with van der Waals surface area (Å²) in [5, 5.41) is -0.508. The highest BCUT2D eigenvalue weighted by atomic mass is 32.2. The molecule has 1 aromatic carbocycles. The second-order valence-electron chi connectivity index (χ2n) is 5.40. The van der Waals surface area contributed by atoms with Crippen LogP contribution >= 0.6 is 11.8 Å². The Labute approximate surface area is 141 Å². The normalized spacial score (nSPS) is 12.5. The van der Waals surface area contributed by atoms with Gasteiger partial charge >= 0.3 is 5.69 Å². The summed E-state index contributed by atoms with van der Waals surface area (Å²) in [4.78, 5) is 40.6. The zero-order valence-electron chi connectivity index (χ0n) is 13.5. The molecule has 0 aliphatic rings. The third kappa shape index (κ3) is 2.58. The van der Waals surface area contributed by atoms with Crippen LogP contribution in [-0.2, 0) is 18.9 Å². The molecule has 3 rings (SSSR count). The van der Waals surface area contributed by atoms with Gasteiger partial charge in [-0.05, 0) is 5.56 Å². The van der Waals surface area contributed by atoms with E-state index in [0.29, 0.717) is 11.2 Å². The first kappa shape index (κ1) is 16.3. The summed E-state index contributed by atoms with van der Waals surface area (Å²) in [6.07, 6.45) is 1.50. The fourth-order valence-corrected chi connectivity index (χ4v) is 3.48. The van der Waals surface area contributed by atoms with E-state index < -0.39 is 16.6 Å². The first-order chi connectivity index (χ1) is 11.4. The highest BCUT2D eigenvalue weighted by Gasteiger charge is 2.22. The van der Waals surface area contributed by atoms with Crippen molar-refractivity contribution in [2.45, 2.75) is 12.3 Å². The van der Waals surface area contributed by atoms with E-state index in [1.54, 1.807) is 11.6 Å². The van der Waals surface area contributed by atoms with E-state index in [1.165, 1.54) is 24.9 Å². The summed E-state index contributed by atoms with van der Waals surface area (Å²) in [5.74, 6) is 0. The first-order valence-corrected chi connectivity index (χ1v) is 8.14. The lowest BCUT2D eigenvalue weighted by Gasteiger charge is -2.18. The quantitative estimate of drug-likeness (QED) is 0.715. The number of imidazole rings is 1. The maximum Gasteiger partial charge on any atom is 0.332 e. The van der Waals surface area contributed by atoms with Crippen molar-refractivity contribution in [3.8, 4) is 0 Å². The van der Waals surface area contributed by atoms with Crippen LogP contribution in [0.5, 0.6) is 0 Å². The number of rotatable bonds is 3. The van der Waals surface area contributed by atoms with E-state index in [2.05, 4.69) is 4.98 Å². The van der Waals surface area contributed by atoms with Crippen molar-refractivity contribution < 1.29 is 4.79 Å². The molecule has 0 saturated heterocycles. The van der Waals surface area contributed by atoms with Gasteiger partial charge in [0.15, 0.2) is 16.3 Å². The van der Waals surface area contributed by atoms with Crippen molar-refractivity contribution in [2.24, 2.45) is 14.1 Å². The fraction of sp³-hybridized carbons (Fsp3) is 0.250. The second-order valence-corrected chi connectivity index (χ2v) is 6.66. The third-order valence-electron chi connectivity index (χ3n) is 3.79. The lowest BCUT2D eigenvalue weighted by atomic mass is 10.2. The summed E-state index contributed by atoms with van der Waals surface area (Å²) in [5.41, 5.74) is 0.590. The van der Waals surface area contributed by atoms with Crippen LogP contribution in [0.25, 0.3) is 11.2 Å². The van der Waals surface area contributed by atoms with Gasteiger partial charge in [-0.3, -0.25) is 18.7 Å². The van der Waals surface area contributed by atoms with Crippen LogP contribution in [0.1, 0.15) is 17.9 Å². The van der Waals surface area contributed by atoms with E-state index in [0.717, 1.165) is 21.9 Å². The first-order valence-electron chi connectivity index (χ1n) is 7.26. The Morgan fingerprint density at radius 3 is 2.42 bits per heavy atom. The van der Waals surface area contributed by atoms with Crippen molar-refractivity contribution >= 4 is 28.0 Å². The van der Waals surface area contributed by atoms with Gasteiger partial charge in [0.2, 0.25) is 0 Å². The molecule has 0 aliphatic carbocycles. The summed E-state index contributed by atoms with van der Waals surface area (Å²) >= 11 is 1.10. The number of thioether (sulfide) groups is 1. The molecule has 0 spiro atoms. The van der Waals surface area contributed by atoms with Crippen LogP contribution in [-0.4, -0.2) is 23.8 Å². The predicted molar refractivity (Wildman–Crippen MR) is 93.1 cm³/mol. The zero-order chi connectivity index (χ0) is 17.4. The number of aromatic nitrogens is 4. The molecule has 0 radical (unpaired) electrons. The SMILES string of the molecule is CC(=O)SC(c1ccccc1)n1cnc2c1c(=O)n(C)c(=O)n2C. The van der Waals surface area contributed by atoms with Gasteiger partial charge in [0.1, 0.15) is 5.37 Å². The van der Waals surface area contributed by atoms with Crippen molar-refractivity contribution in [1.29, 1.82) is 0 Å². The molecule has 0 aliphatic heterocycles. The van der Waals surface area contributed by atoms with Crippen LogP contribution in [0, 0.1) is 0 Å². The van der Waals surface area contributed by atoms with Crippen LogP contribution < -0.4 is 11.2 Å². The van der Waals surface area contributed by atoms with Gasteiger partial charge in [0.05, 0.1) is 6.33 Å². The Balaban J connectivity index is 2.32. The predicted octanol–water partition coefficient (Wildman–Crippen LogP) is 1.26. The van der Waals surface area contributed by atoms with Gasteiger partial charge in [0, 0.05) is 21.0 Å². The number of fused-ring (bicyclic) bond motifs is 1. The molecule has 0 amide bonds. The average Bonchev–Trinajstić information content (AvgIpc) is 3.01. The molecule has 0 saturated carbocycles. The van der Waals surface area contributed by atoms with Crippen molar-refractivity contribution in [2.75, 3.05) is 0 Å². The monoisotopic (exact) mass is 344 g/mol. The number of carbonyl (C=O) groups excluding carboxylic acids is 1. The van der Waals surface area contributed by atoms with Gasteiger partial charge in [-0.15, -0.1) is 0 Å². The lowest BCUT2D eigenvalue weighted by Crippen LogP contribution is -2.37. The Morgan fingerprint density at radius 2 is 1.79 bits per heavy atom. The number of aryl methyl sites for hydroxylation is 1. The van der Waals surface area contributed by atoms with Crippen LogP contribution in [0.2, 0.25) is 0 Å². The topological polar surface area (TPSA) is 78.9 Å². The van der Waals surface area contributed by atoms with Crippen molar-refractivity contribution in [1.82, 2.24) is 18.7 Å². The standard InChI is InChI=1S/C16H16N4O3S/c1-10(21)24-15(11-7-5-4-6-8-11)20-9-17-13-12(20)14(22)19(3)16(23)18(13)2/h4-9,15H,1-3H3. The summed E-state index contributed by atoms with van der Waals surface area (Å²) in [6.45, 7) is 1.48. The number of nitrogens with zero attached hydrogens (tertiary/aromatic N) is 4. The van der Waals surface area contributed by atoms with Gasteiger partial charge in [-0.25, -0.2) is 9.78 Å². The molecule has 0 fully saturated rings. The summed E-state index contributed by atoms with van der Waals surface area (Å²) in [7, 11) is 2.99. The van der Waals surface area contributed by atoms with E-state index in [4.69, 9.17) is 0 Å². The van der Waals surface area contributed by atoms with Crippen molar-refractivity contribution in [3.63, 3.8) is 0 Å². The maximum atomic E-state index is 12.6. The Hall–Kier alpha value is -2.61. The van der Waals surface area contributed by atoms with E-state index in [9.17, 15) is 14.4 Å².